The minimum atomic E-state index is -2.65. The van der Waals surface area contributed by atoms with Crippen LogP contribution < -0.4 is 5.73 Å². The Kier molecular flexibility index (Phi) is 3.62. The van der Waals surface area contributed by atoms with Crippen LogP contribution in [-0.4, -0.2) is 16.1 Å². The van der Waals surface area contributed by atoms with Crippen molar-refractivity contribution in [3.63, 3.8) is 0 Å². The van der Waals surface area contributed by atoms with Crippen LogP contribution in [0.3, 0.4) is 0 Å². The van der Waals surface area contributed by atoms with Crippen LogP contribution >= 0.6 is 0 Å². The third kappa shape index (κ3) is 2.91. The summed E-state index contributed by atoms with van der Waals surface area (Å²) in [7, 11) is 0. The van der Waals surface area contributed by atoms with Gasteiger partial charge in [0.1, 0.15) is 5.69 Å². The molecule has 0 unspecified atom stereocenters. The van der Waals surface area contributed by atoms with E-state index >= 15 is 0 Å². The molecule has 126 valence electrons. The van der Waals surface area contributed by atoms with E-state index in [2.05, 4.69) is 10.2 Å². The number of nitrogens with two attached hydrogens (primary N) is 1. The Morgan fingerprint density at radius 2 is 1.52 bits per heavy atom. The number of hydrogen-bond donors (Lipinski definition) is 1. The molecule has 0 radical (unpaired) electrons. The molecule has 25 heavy (non-hydrogen) atoms. The Morgan fingerprint density at radius 3 is 2.16 bits per heavy atom. The molecular weight excluding hydrogens is 320 g/mol. The monoisotopic (exact) mass is 337 g/mol. The summed E-state index contributed by atoms with van der Waals surface area (Å²) in [6.45, 7) is 0. The highest BCUT2D eigenvalue weighted by atomic mass is 19.3. The van der Waals surface area contributed by atoms with E-state index in [9.17, 15) is 8.78 Å². The summed E-state index contributed by atoms with van der Waals surface area (Å²) in [6, 6.07) is 19.2. The SMILES string of the molecule is NC1(c2ccc(-c3nnccc3-c3ccccc3)cc2)CC(F)(F)C1. The third-order valence-corrected chi connectivity index (χ3v) is 4.69. The molecule has 1 heterocycles. The predicted molar refractivity (Wildman–Crippen MR) is 93.0 cm³/mol. The first-order chi connectivity index (χ1) is 12.0. The molecule has 4 rings (SSSR count). The van der Waals surface area contributed by atoms with Crippen LogP contribution in [0.4, 0.5) is 8.78 Å². The van der Waals surface area contributed by atoms with Crippen molar-refractivity contribution in [2.24, 2.45) is 5.73 Å². The summed E-state index contributed by atoms with van der Waals surface area (Å²) < 4.78 is 26.4. The Labute approximate surface area is 144 Å². The molecule has 0 aliphatic heterocycles. The maximum absolute atomic E-state index is 13.2. The number of hydrogen-bond acceptors (Lipinski definition) is 3. The maximum atomic E-state index is 13.2. The van der Waals surface area contributed by atoms with Gasteiger partial charge in [0.05, 0.1) is 11.7 Å². The van der Waals surface area contributed by atoms with Gasteiger partial charge in [-0.1, -0.05) is 54.6 Å². The molecule has 3 aromatic rings. The zero-order valence-electron chi connectivity index (χ0n) is 13.5. The Morgan fingerprint density at radius 1 is 0.840 bits per heavy atom. The molecule has 1 aliphatic carbocycles. The van der Waals surface area contributed by atoms with Crippen molar-refractivity contribution < 1.29 is 8.78 Å². The molecule has 1 fully saturated rings. The molecule has 3 nitrogen and oxygen atoms in total. The van der Waals surface area contributed by atoms with Crippen molar-refractivity contribution in [1.82, 2.24) is 10.2 Å². The maximum Gasteiger partial charge on any atom is 0.252 e. The molecule has 0 amide bonds. The van der Waals surface area contributed by atoms with Crippen molar-refractivity contribution in [1.29, 1.82) is 0 Å². The standard InChI is InChI=1S/C20H17F2N3/c21-20(22)12-19(23,13-20)16-8-6-15(7-9-16)18-17(10-11-24-25-18)14-4-2-1-3-5-14/h1-11H,12-13,23H2. The van der Waals surface area contributed by atoms with Gasteiger partial charge in [-0.15, -0.1) is 5.10 Å². The second kappa shape index (κ2) is 5.70. The van der Waals surface area contributed by atoms with Crippen LogP contribution in [0.1, 0.15) is 18.4 Å². The zero-order chi connectivity index (χ0) is 17.5. The van der Waals surface area contributed by atoms with Gasteiger partial charge < -0.3 is 5.73 Å². The van der Waals surface area contributed by atoms with E-state index in [1.807, 2.05) is 60.7 Å². The van der Waals surface area contributed by atoms with Gasteiger partial charge in [0.25, 0.3) is 5.92 Å². The van der Waals surface area contributed by atoms with E-state index in [0.717, 1.165) is 27.9 Å². The van der Waals surface area contributed by atoms with E-state index in [1.165, 1.54) is 0 Å². The van der Waals surface area contributed by atoms with E-state index in [-0.39, 0.29) is 12.8 Å². The van der Waals surface area contributed by atoms with Gasteiger partial charge in [-0.05, 0) is 17.2 Å². The summed E-state index contributed by atoms with van der Waals surface area (Å²) >= 11 is 0. The van der Waals surface area contributed by atoms with Crippen LogP contribution in [0.2, 0.25) is 0 Å². The third-order valence-electron chi connectivity index (χ3n) is 4.69. The summed E-state index contributed by atoms with van der Waals surface area (Å²) in [4.78, 5) is 0. The average Bonchev–Trinajstić information content (AvgIpc) is 2.61. The highest BCUT2D eigenvalue weighted by Gasteiger charge is 2.55. The van der Waals surface area contributed by atoms with Crippen LogP contribution in [0, 0.1) is 0 Å². The van der Waals surface area contributed by atoms with Crippen LogP contribution in [0.25, 0.3) is 22.4 Å². The number of halogens is 2. The van der Waals surface area contributed by atoms with Crippen LogP contribution in [0.5, 0.6) is 0 Å². The second-order valence-corrected chi connectivity index (χ2v) is 6.60. The van der Waals surface area contributed by atoms with Crippen molar-refractivity contribution in [3.8, 4) is 22.4 Å². The lowest BCUT2D eigenvalue weighted by atomic mass is 9.70. The number of benzene rings is 2. The molecule has 0 bridgehead atoms. The molecule has 2 aromatic carbocycles. The molecule has 1 aliphatic rings. The summed E-state index contributed by atoms with van der Waals surface area (Å²) in [5.41, 5.74) is 9.55. The van der Waals surface area contributed by atoms with Crippen LogP contribution in [-0.2, 0) is 5.54 Å². The van der Waals surface area contributed by atoms with E-state index < -0.39 is 11.5 Å². The van der Waals surface area contributed by atoms with Gasteiger partial charge in [0.2, 0.25) is 0 Å². The quantitative estimate of drug-likeness (QED) is 0.771. The highest BCUT2D eigenvalue weighted by Crippen LogP contribution is 2.50. The highest BCUT2D eigenvalue weighted by molar-refractivity contribution is 5.80. The van der Waals surface area contributed by atoms with Crippen molar-refractivity contribution >= 4 is 0 Å². The molecule has 0 spiro atoms. The molecular formula is C20H17F2N3. The van der Waals surface area contributed by atoms with E-state index in [4.69, 9.17) is 5.73 Å². The van der Waals surface area contributed by atoms with Gasteiger partial charge in [-0.3, -0.25) is 0 Å². The fourth-order valence-electron chi connectivity index (χ4n) is 3.43. The topological polar surface area (TPSA) is 51.8 Å². The molecule has 0 saturated heterocycles. The van der Waals surface area contributed by atoms with Gasteiger partial charge in [-0.2, -0.15) is 5.10 Å². The lowest BCUT2D eigenvalue weighted by molar-refractivity contribution is -0.125. The fraction of sp³-hybridized carbons (Fsp3) is 0.200. The number of aromatic nitrogens is 2. The second-order valence-electron chi connectivity index (χ2n) is 6.60. The molecule has 1 aromatic heterocycles. The largest absolute Gasteiger partial charge is 0.321 e. The predicted octanol–water partition coefficient (Wildman–Crippen LogP) is 4.39. The Balaban J connectivity index is 1.68. The summed E-state index contributed by atoms with van der Waals surface area (Å²) in [5.74, 6) is -2.65. The summed E-state index contributed by atoms with van der Waals surface area (Å²) in [6.07, 6.45) is 1.05. The van der Waals surface area contributed by atoms with Gasteiger partial charge in [0, 0.05) is 24.0 Å². The van der Waals surface area contributed by atoms with Crippen LogP contribution in [0.15, 0.2) is 66.9 Å². The minimum absolute atomic E-state index is 0.306. The number of rotatable bonds is 3. The van der Waals surface area contributed by atoms with E-state index in [1.54, 1.807) is 6.20 Å². The molecule has 5 heteroatoms. The van der Waals surface area contributed by atoms with Crippen molar-refractivity contribution in [2.75, 3.05) is 0 Å². The van der Waals surface area contributed by atoms with E-state index in [0.29, 0.717) is 0 Å². The van der Waals surface area contributed by atoms with Gasteiger partial charge in [0.15, 0.2) is 0 Å². The molecule has 2 N–H and O–H groups in total. The first kappa shape index (κ1) is 15.8. The Bertz CT molecular complexity index is 884. The fourth-order valence-corrected chi connectivity index (χ4v) is 3.43. The lowest BCUT2D eigenvalue weighted by Gasteiger charge is -2.44. The smallest absolute Gasteiger partial charge is 0.252 e. The number of nitrogens with zero attached hydrogens (tertiary/aromatic N) is 2. The zero-order valence-corrected chi connectivity index (χ0v) is 13.5. The van der Waals surface area contributed by atoms with Gasteiger partial charge >= 0.3 is 0 Å². The van der Waals surface area contributed by atoms with Gasteiger partial charge in [-0.25, -0.2) is 8.78 Å². The minimum Gasteiger partial charge on any atom is -0.321 e. The lowest BCUT2D eigenvalue weighted by Crippen LogP contribution is -2.55. The normalized spacial score (nSPS) is 17.7. The summed E-state index contributed by atoms with van der Waals surface area (Å²) in [5, 5.41) is 8.26. The van der Waals surface area contributed by atoms with Crippen molar-refractivity contribution in [2.45, 2.75) is 24.3 Å². The average molecular weight is 337 g/mol. The molecule has 1 saturated carbocycles. The first-order valence-corrected chi connectivity index (χ1v) is 8.12. The first-order valence-electron chi connectivity index (χ1n) is 8.12. The number of alkyl halides is 2. The molecule has 0 atom stereocenters. The van der Waals surface area contributed by atoms with Crippen molar-refractivity contribution in [3.05, 3.63) is 72.4 Å². The Hall–Kier alpha value is -2.66.